The zero-order valence-corrected chi connectivity index (χ0v) is 14.6. The molecule has 1 aromatic heterocycles. The number of para-hydroxylation sites is 1. The third-order valence-corrected chi connectivity index (χ3v) is 4.14. The van der Waals surface area contributed by atoms with Gasteiger partial charge < -0.3 is 4.90 Å². The monoisotopic (exact) mass is 320 g/mol. The quantitative estimate of drug-likeness (QED) is 0.677. The molecule has 2 aromatic carbocycles. The van der Waals surface area contributed by atoms with Crippen molar-refractivity contribution in [3.63, 3.8) is 0 Å². The molecule has 0 spiro atoms. The van der Waals surface area contributed by atoms with Crippen LogP contribution >= 0.6 is 0 Å². The highest BCUT2D eigenvalue weighted by atomic mass is 15.4. The number of unbranched alkanes of at least 4 members (excludes halogenated alkanes) is 1. The molecule has 24 heavy (non-hydrogen) atoms. The van der Waals surface area contributed by atoms with Gasteiger partial charge in [-0.25, -0.2) is 4.68 Å². The fraction of sp³-hybridized carbons (Fsp3) is 0.300. The predicted octanol–water partition coefficient (Wildman–Crippen LogP) is 4.34. The average molecular weight is 320 g/mol. The van der Waals surface area contributed by atoms with Gasteiger partial charge in [0.25, 0.3) is 0 Å². The molecule has 0 radical (unpaired) electrons. The molecule has 124 valence electrons. The molecule has 0 aliphatic carbocycles. The normalized spacial score (nSPS) is 10.8. The number of nitrogens with zero attached hydrogens (tertiary/aromatic N) is 4. The molecule has 4 heteroatoms. The van der Waals surface area contributed by atoms with E-state index in [1.807, 2.05) is 22.9 Å². The lowest BCUT2D eigenvalue weighted by molar-refractivity contribution is 0.761. The van der Waals surface area contributed by atoms with Gasteiger partial charge in [-0.1, -0.05) is 48.9 Å². The van der Waals surface area contributed by atoms with Crippen LogP contribution < -0.4 is 4.90 Å². The molecule has 0 aliphatic heterocycles. The largest absolute Gasteiger partial charge is 0.378 e. The SMILES string of the molecule is CCCCc1nnn(-c2ccccc2)c1-c1cccc(N(C)C)c1. The number of aromatic nitrogens is 3. The maximum absolute atomic E-state index is 4.48. The molecule has 0 bridgehead atoms. The first-order chi connectivity index (χ1) is 11.7. The number of rotatable bonds is 6. The summed E-state index contributed by atoms with van der Waals surface area (Å²) in [4.78, 5) is 2.12. The molecular weight excluding hydrogens is 296 g/mol. The van der Waals surface area contributed by atoms with Crippen molar-refractivity contribution < 1.29 is 0 Å². The van der Waals surface area contributed by atoms with Crippen LogP contribution in [0.15, 0.2) is 54.6 Å². The lowest BCUT2D eigenvalue weighted by Gasteiger charge is -2.15. The minimum Gasteiger partial charge on any atom is -0.378 e. The topological polar surface area (TPSA) is 34.0 Å². The smallest absolute Gasteiger partial charge is 0.0977 e. The Morgan fingerprint density at radius 1 is 1.00 bits per heavy atom. The predicted molar refractivity (Wildman–Crippen MR) is 99.7 cm³/mol. The van der Waals surface area contributed by atoms with E-state index < -0.39 is 0 Å². The molecule has 0 atom stereocenters. The van der Waals surface area contributed by atoms with Gasteiger partial charge in [0.2, 0.25) is 0 Å². The third-order valence-electron chi connectivity index (χ3n) is 4.14. The van der Waals surface area contributed by atoms with Gasteiger partial charge in [-0.3, -0.25) is 0 Å². The van der Waals surface area contributed by atoms with Crippen molar-refractivity contribution in [2.45, 2.75) is 26.2 Å². The van der Waals surface area contributed by atoms with Crippen LogP contribution in [0.25, 0.3) is 16.9 Å². The second kappa shape index (κ2) is 7.30. The number of hydrogen-bond acceptors (Lipinski definition) is 3. The maximum atomic E-state index is 4.48. The van der Waals surface area contributed by atoms with E-state index in [0.717, 1.165) is 41.9 Å². The second-order valence-corrected chi connectivity index (χ2v) is 6.18. The summed E-state index contributed by atoms with van der Waals surface area (Å²) in [6, 6.07) is 18.8. The van der Waals surface area contributed by atoms with Crippen molar-refractivity contribution in [3.05, 3.63) is 60.3 Å². The lowest BCUT2D eigenvalue weighted by atomic mass is 10.1. The van der Waals surface area contributed by atoms with Gasteiger partial charge in [-0.15, -0.1) is 5.10 Å². The van der Waals surface area contributed by atoms with Gasteiger partial charge in [-0.2, -0.15) is 0 Å². The van der Waals surface area contributed by atoms with E-state index in [1.54, 1.807) is 0 Å². The van der Waals surface area contributed by atoms with E-state index in [1.165, 1.54) is 5.69 Å². The minimum absolute atomic E-state index is 0.949. The van der Waals surface area contributed by atoms with Gasteiger partial charge in [0.15, 0.2) is 0 Å². The summed E-state index contributed by atoms with van der Waals surface area (Å²) in [6.07, 6.45) is 3.22. The Morgan fingerprint density at radius 3 is 2.50 bits per heavy atom. The Hall–Kier alpha value is -2.62. The molecule has 0 aliphatic rings. The Morgan fingerprint density at radius 2 is 1.79 bits per heavy atom. The van der Waals surface area contributed by atoms with Crippen molar-refractivity contribution in [2.24, 2.45) is 0 Å². The maximum Gasteiger partial charge on any atom is 0.0977 e. The van der Waals surface area contributed by atoms with Gasteiger partial charge in [-0.05, 0) is 37.1 Å². The van der Waals surface area contributed by atoms with Crippen molar-refractivity contribution in [1.29, 1.82) is 0 Å². The Bertz CT molecular complexity index is 790. The molecule has 0 saturated heterocycles. The molecule has 0 unspecified atom stereocenters. The molecule has 0 fully saturated rings. The van der Waals surface area contributed by atoms with E-state index in [0.29, 0.717) is 0 Å². The van der Waals surface area contributed by atoms with Crippen LogP contribution in [0.3, 0.4) is 0 Å². The van der Waals surface area contributed by atoms with Gasteiger partial charge in [0.1, 0.15) is 0 Å². The summed E-state index contributed by atoms with van der Waals surface area (Å²) in [5, 5.41) is 8.92. The molecule has 3 rings (SSSR count). The first-order valence-corrected chi connectivity index (χ1v) is 8.48. The van der Waals surface area contributed by atoms with Crippen LogP contribution in [0.4, 0.5) is 5.69 Å². The van der Waals surface area contributed by atoms with Crippen LogP contribution in [-0.4, -0.2) is 29.1 Å². The first-order valence-electron chi connectivity index (χ1n) is 8.48. The van der Waals surface area contributed by atoms with Gasteiger partial charge >= 0.3 is 0 Å². The summed E-state index contributed by atoms with van der Waals surface area (Å²) in [7, 11) is 4.12. The fourth-order valence-corrected chi connectivity index (χ4v) is 2.80. The highest BCUT2D eigenvalue weighted by Crippen LogP contribution is 2.29. The Balaban J connectivity index is 2.13. The van der Waals surface area contributed by atoms with E-state index in [2.05, 4.69) is 72.6 Å². The number of anilines is 1. The summed E-state index contributed by atoms with van der Waals surface area (Å²) >= 11 is 0. The van der Waals surface area contributed by atoms with Gasteiger partial charge in [0, 0.05) is 25.3 Å². The Kier molecular flexibility index (Phi) is 4.94. The van der Waals surface area contributed by atoms with E-state index >= 15 is 0 Å². The highest BCUT2D eigenvalue weighted by Gasteiger charge is 2.16. The third kappa shape index (κ3) is 3.32. The highest BCUT2D eigenvalue weighted by molar-refractivity contribution is 5.69. The first kappa shape index (κ1) is 16.2. The second-order valence-electron chi connectivity index (χ2n) is 6.18. The summed E-state index contributed by atoms with van der Waals surface area (Å²) < 4.78 is 1.96. The number of benzene rings is 2. The molecule has 0 amide bonds. The van der Waals surface area contributed by atoms with Crippen LogP contribution in [0.2, 0.25) is 0 Å². The summed E-state index contributed by atoms with van der Waals surface area (Å²) in [6.45, 7) is 2.20. The van der Waals surface area contributed by atoms with Crippen molar-refractivity contribution in [1.82, 2.24) is 15.0 Å². The van der Waals surface area contributed by atoms with E-state index in [9.17, 15) is 0 Å². The van der Waals surface area contributed by atoms with Crippen LogP contribution in [0.5, 0.6) is 0 Å². The molecule has 3 aromatic rings. The molecule has 0 saturated carbocycles. The zero-order valence-electron chi connectivity index (χ0n) is 14.6. The molecular formula is C20H24N4. The summed E-state index contributed by atoms with van der Waals surface area (Å²) in [5.74, 6) is 0. The fourth-order valence-electron chi connectivity index (χ4n) is 2.80. The van der Waals surface area contributed by atoms with Crippen LogP contribution in [0, 0.1) is 0 Å². The van der Waals surface area contributed by atoms with Crippen molar-refractivity contribution in [2.75, 3.05) is 19.0 Å². The standard InChI is InChI=1S/C20H24N4/c1-4-5-14-19-20(16-10-9-13-18(15-16)23(2)3)24(22-21-19)17-11-7-6-8-12-17/h6-13,15H,4-5,14H2,1-3H3. The molecule has 0 N–H and O–H groups in total. The van der Waals surface area contributed by atoms with Crippen LogP contribution in [0.1, 0.15) is 25.5 Å². The molecule has 1 heterocycles. The van der Waals surface area contributed by atoms with Crippen LogP contribution in [-0.2, 0) is 6.42 Å². The summed E-state index contributed by atoms with van der Waals surface area (Å²) in [5.41, 5.74) is 5.53. The number of aryl methyl sites for hydroxylation is 1. The van der Waals surface area contributed by atoms with Crippen molar-refractivity contribution >= 4 is 5.69 Å². The zero-order chi connectivity index (χ0) is 16.9. The lowest BCUT2D eigenvalue weighted by Crippen LogP contribution is -2.08. The average Bonchev–Trinajstić information content (AvgIpc) is 3.04. The van der Waals surface area contributed by atoms with E-state index in [-0.39, 0.29) is 0 Å². The molecule has 4 nitrogen and oxygen atoms in total. The number of hydrogen-bond donors (Lipinski definition) is 0. The van der Waals surface area contributed by atoms with E-state index in [4.69, 9.17) is 0 Å². The van der Waals surface area contributed by atoms with Gasteiger partial charge in [0.05, 0.1) is 17.1 Å². The Labute approximate surface area is 143 Å². The minimum atomic E-state index is 0.949. The van der Waals surface area contributed by atoms with Crippen molar-refractivity contribution in [3.8, 4) is 16.9 Å².